The fourth-order valence-electron chi connectivity index (χ4n) is 2.31. The minimum absolute atomic E-state index is 0.0725. The number of hydrogen-bond donors (Lipinski definition) is 1. The lowest BCUT2D eigenvalue weighted by molar-refractivity contribution is 0.564. The van der Waals surface area contributed by atoms with Gasteiger partial charge < -0.3 is 5.32 Å². The summed E-state index contributed by atoms with van der Waals surface area (Å²) in [6.07, 6.45) is 0. The lowest BCUT2D eigenvalue weighted by atomic mass is 9.89. The van der Waals surface area contributed by atoms with Crippen molar-refractivity contribution in [2.45, 2.75) is 59.5 Å². The number of nitrogens with one attached hydrogen (secondary N) is 1. The van der Waals surface area contributed by atoms with Gasteiger partial charge >= 0.3 is 0 Å². The van der Waals surface area contributed by atoms with E-state index in [9.17, 15) is 0 Å². The molecule has 0 aliphatic rings. The summed E-state index contributed by atoms with van der Waals surface area (Å²) in [5.41, 5.74) is 4.97. The van der Waals surface area contributed by atoms with Crippen LogP contribution in [0.2, 0.25) is 0 Å². The monoisotopic (exact) mass is 270 g/mol. The van der Waals surface area contributed by atoms with E-state index in [0.717, 1.165) is 12.1 Å². The predicted octanol–water partition coefficient (Wildman–Crippen LogP) is 4.34. The van der Waals surface area contributed by atoms with Crippen LogP contribution < -0.4 is 5.32 Å². The molecule has 0 saturated carbocycles. The Morgan fingerprint density at radius 1 is 1.20 bits per heavy atom. The van der Waals surface area contributed by atoms with E-state index >= 15 is 0 Å². The van der Waals surface area contributed by atoms with Gasteiger partial charge in [-0.2, -0.15) is 0 Å². The maximum Gasteiger partial charge on any atom is 0.0737 e. The first-order valence-corrected chi connectivity index (χ1v) is 7.42. The van der Waals surface area contributed by atoms with E-state index in [1.165, 1.54) is 22.2 Å². The van der Waals surface area contributed by atoms with E-state index in [2.05, 4.69) is 71.1 Å². The van der Waals surface area contributed by atoms with Crippen molar-refractivity contribution in [3.63, 3.8) is 0 Å². The highest BCUT2D eigenvalue weighted by atomic mass is 14.9. The lowest BCUT2D eigenvalue weighted by Crippen LogP contribution is -2.23. The zero-order valence-corrected chi connectivity index (χ0v) is 13.5. The van der Waals surface area contributed by atoms with Crippen LogP contribution in [0.3, 0.4) is 0 Å². The molecule has 0 amide bonds. The highest BCUT2D eigenvalue weighted by Crippen LogP contribution is 2.27. The Hall–Kier alpha value is -1.41. The van der Waals surface area contributed by atoms with Gasteiger partial charge in [-0.3, -0.25) is 4.98 Å². The van der Waals surface area contributed by atoms with Crippen LogP contribution in [-0.4, -0.2) is 11.0 Å². The van der Waals surface area contributed by atoms with Crippen LogP contribution in [-0.2, 0) is 12.0 Å². The zero-order valence-electron chi connectivity index (χ0n) is 13.5. The first kappa shape index (κ1) is 15.0. The molecule has 1 N–H and O–H groups in total. The topological polar surface area (TPSA) is 24.9 Å². The quantitative estimate of drug-likeness (QED) is 0.897. The van der Waals surface area contributed by atoms with E-state index < -0.39 is 0 Å². The van der Waals surface area contributed by atoms with Gasteiger partial charge in [0.15, 0.2) is 0 Å². The highest BCUT2D eigenvalue weighted by molar-refractivity contribution is 5.85. The number of pyridine rings is 1. The van der Waals surface area contributed by atoms with Crippen LogP contribution >= 0.6 is 0 Å². The molecular weight excluding hydrogens is 244 g/mol. The molecule has 108 valence electrons. The van der Waals surface area contributed by atoms with Gasteiger partial charge in [0.1, 0.15) is 0 Å². The standard InChI is InChI=1S/C18H26N2/c1-12(2)19-11-14-10-16(18(4,5)6)20-17-13(3)8-7-9-15(14)17/h7-10,12,19H,11H2,1-6H3. The van der Waals surface area contributed by atoms with E-state index in [1.54, 1.807) is 0 Å². The van der Waals surface area contributed by atoms with Gasteiger partial charge in [-0.25, -0.2) is 0 Å². The number of para-hydroxylation sites is 1. The van der Waals surface area contributed by atoms with Gasteiger partial charge in [0.25, 0.3) is 0 Å². The summed E-state index contributed by atoms with van der Waals surface area (Å²) in [6.45, 7) is 14.1. The Morgan fingerprint density at radius 3 is 2.50 bits per heavy atom. The Balaban J connectivity index is 2.60. The third-order valence-electron chi connectivity index (χ3n) is 3.60. The molecule has 0 aliphatic heterocycles. The number of fused-ring (bicyclic) bond motifs is 1. The third-order valence-corrected chi connectivity index (χ3v) is 3.60. The summed E-state index contributed by atoms with van der Waals surface area (Å²) in [4.78, 5) is 4.91. The molecule has 20 heavy (non-hydrogen) atoms. The Morgan fingerprint density at radius 2 is 1.90 bits per heavy atom. The molecule has 1 aromatic heterocycles. The maximum absolute atomic E-state index is 4.91. The van der Waals surface area contributed by atoms with Gasteiger partial charge in [0.05, 0.1) is 5.52 Å². The van der Waals surface area contributed by atoms with Gasteiger partial charge in [-0.15, -0.1) is 0 Å². The third kappa shape index (κ3) is 3.18. The number of rotatable bonds is 3. The smallest absolute Gasteiger partial charge is 0.0737 e. The Labute approximate surface area is 122 Å². The molecule has 0 unspecified atom stereocenters. The fraction of sp³-hybridized carbons (Fsp3) is 0.500. The molecule has 0 bridgehead atoms. The molecule has 0 saturated heterocycles. The first-order chi connectivity index (χ1) is 9.29. The van der Waals surface area contributed by atoms with Crippen LogP contribution in [0.25, 0.3) is 10.9 Å². The first-order valence-electron chi connectivity index (χ1n) is 7.42. The lowest BCUT2D eigenvalue weighted by Gasteiger charge is -2.21. The zero-order chi connectivity index (χ0) is 14.9. The SMILES string of the molecule is Cc1cccc2c(CNC(C)C)cc(C(C)(C)C)nc12. The van der Waals surface area contributed by atoms with Crippen molar-refractivity contribution >= 4 is 10.9 Å². The van der Waals surface area contributed by atoms with Gasteiger partial charge in [-0.1, -0.05) is 52.8 Å². The van der Waals surface area contributed by atoms with Crippen molar-refractivity contribution in [2.75, 3.05) is 0 Å². The summed E-state index contributed by atoms with van der Waals surface area (Å²) in [7, 11) is 0. The Kier molecular flexibility index (Phi) is 4.14. The van der Waals surface area contributed by atoms with Crippen LogP contribution in [0.5, 0.6) is 0 Å². The molecule has 0 radical (unpaired) electrons. The van der Waals surface area contributed by atoms with Gasteiger partial charge in [0, 0.05) is 29.1 Å². The molecule has 2 aromatic rings. The molecular formula is C18H26N2. The predicted molar refractivity (Wildman–Crippen MR) is 87.2 cm³/mol. The number of hydrogen-bond acceptors (Lipinski definition) is 2. The van der Waals surface area contributed by atoms with E-state index in [4.69, 9.17) is 4.98 Å². The molecule has 1 aromatic carbocycles. The number of nitrogens with zero attached hydrogens (tertiary/aromatic N) is 1. The highest BCUT2D eigenvalue weighted by Gasteiger charge is 2.18. The van der Waals surface area contributed by atoms with Gasteiger partial charge in [-0.05, 0) is 24.1 Å². The Bertz CT molecular complexity index is 607. The maximum atomic E-state index is 4.91. The number of aromatic nitrogens is 1. The molecule has 2 nitrogen and oxygen atoms in total. The van der Waals surface area contributed by atoms with Crippen molar-refractivity contribution in [1.82, 2.24) is 10.3 Å². The number of aryl methyl sites for hydroxylation is 1. The largest absolute Gasteiger partial charge is 0.310 e. The second kappa shape index (κ2) is 5.53. The van der Waals surface area contributed by atoms with Crippen molar-refractivity contribution in [1.29, 1.82) is 0 Å². The van der Waals surface area contributed by atoms with Crippen molar-refractivity contribution in [3.8, 4) is 0 Å². The average molecular weight is 270 g/mol. The number of benzene rings is 1. The normalized spacial score (nSPS) is 12.3. The van der Waals surface area contributed by atoms with Crippen molar-refractivity contribution in [3.05, 3.63) is 41.1 Å². The molecule has 0 fully saturated rings. The van der Waals surface area contributed by atoms with Crippen molar-refractivity contribution in [2.24, 2.45) is 0 Å². The summed E-state index contributed by atoms with van der Waals surface area (Å²) in [5, 5.41) is 4.79. The summed E-state index contributed by atoms with van der Waals surface area (Å²) >= 11 is 0. The molecule has 1 heterocycles. The minimum Gasteiger partial charge on any atom is -0.310 e. The fourth-order valence-corrected chi connectivity index (χ4v) is 2.31. The van der Waals surface area contributed by atoms with Crippen LogP contribution in [0.15, 0.2) is 24.3 Å². The molecule has 0 aliphatic carbocycles. The van der Waals surface area contributed by atoms with E-state index in [-0.39, 0.29) is 5.41 Å². The molecule has 2 rings (SSSR count). The van der Waals surface area contributed by atoms with Crippen LogP contribution in [0.4, 0.5) is 0 Å². The molecule has 2 heteroatoms. The molecule has 0 spiro atoms. The summed E-state index contributed by atoms with van der Waals surface area (Å²) in [5.74, 6) is 0. The summed E-state index contributed by atoms with van der Waals surface area (Å²) in [6, 6.07) is 9.19. The second-order valence-corrected chi connectivity index (χ2v) is 6.92. The van der Waals surface area contributed by atoms with Crippen LogP contribution in [0.1, 0.15) is 51.4 Å². The minimum atomic E-state index is 0.0725. The second-order valence-electron chi connectivity index (χ2n) is 6.92. The molecule has 0 atom stereocenters. The average Bonchev–Trinajstić information content (AvgIpc) is 2.35. The van der Waals surface area contributed by atoms with E-state index in [0.29, 0.717) is 6.04 Å². The van der Waals surface area contributed by atoms with Gasteiger partial charge in [0.2, 0.25) is 0 Å². The summed E-state index contributed by atoms with van der Waals surface area (Å²) < 4.78 is 0. The van der Waals surface area contributed by atoms with E-state index in [1.807, 2.05) is 0 Å². The van der Waals surface area contributed by atoms with Crippen LogP contribution in [0, 0.1) is 6.92 Å². The van der Waals surface area contributed by atoms with Crippen molar-refractivity contribution < 1.29 is 0 Å².